The summed E-state index contributed by atoms with van der Waals surface area (Å²) in [5.41, 5.74) is 6.07. The molecule has 0 aliphatic heterocycles. The molecule has 0 saturated carbocycles. The average molecular weight is 208 g/mol. The largest absolute Gasteiger partial charge is 0.419 e. The van der Waals surface area contributed by atoms with Crippen LogP contribution in [0.3, 0.4) is 0 Å². The third-order valence-electron chi connectivity index (χ3n) is 1.69. The van der Waals surface area contributed by atoms with Crippen molar-refractivity contribution in [3.05, 3.63) is 28.9 Å². The Balaban J connectivity index is 2.50. The van der Waals surface area contributed by atoms with Crippen LogP contribution in [0.5, 0.6) is 0 Å². The molecule has 0 saturated heterocycles. The van der Waals surface area contributed by atoms with Gasteiger partial charge in [-0.2, -0.15) is 0 Å². The first-order chi connectivity index (χ1) is 6.81. The van der Waals surface area contributed by atoms with Crippen molar-refractivity contribution in [3.8, 4) is 11.5 Å². The Kier molecular flexibility index (Phi) is 2.38. The Morgan fingerprint density at radius 2 is 2.36 bits per heavy atom. The minimum atomic E-state index is 0.232. The van der Waals surface area contributed by atoms with E-state index in [0.717, 1.165) is 5.56 Å². The lowest BCUT2D eigenvalue weighted by Gasteiger charge is -1.92. The molecular formula is C8H8N4OS. The molecule has 2 aromatic rings. The normalized spacial score (nSPS) is 10.4. The molecule has 2 rings (SSSR count). The Labute approximate surface area is 85.0 Å². The Bertz CT molecular complexity index is 490. The van der Waals surface area contributed by atoms with Crippen molar-refractivity contribution in [1.29, 1.82) is 0 Å². The van der Waals surface area contributed by atoms with Gasteiger partial charge in [-0.3, -0.25) is 0 Å². The van der Waals surface area contributed by atoms with Gasteiger partial charge in [-0.1, -0.05) is 12.2 Å². The summed E-state index contributed by atoms with van der Waals surface area (Å²) in [5.74, 6) is 0.797. The van der Waals surface area contributed by atoms with Crippen molar-refractivity contribution < 1.29 is 4.42 Å². The number of aromatic nitrogens is 3. The molecule has 0 fully saturated rings. The van der Waals surface area contributed by atoms with Gasteiger partial charge in [0.05, 0.1) is 12.1 Å². The summed E-state index contributed by atoms with van der Waals surface area (Å²) in [6, 6.07) is 3.63. The zero-order valence-corrected chi connectivity index (χ0v) is 8.04. The maximum Gasteiger partial charge on any atom is 0.250 e. The molecule has 72 valence electrons. The second-order valence-corrected chi connectivity index (χ2v) is 3.03. The molecule has 6 heteroatoms. The zero-order valence-electron chi connectivity index (χ0n) is 7.23. The number of nitrogens with two attached hydrogens (primary N) is 1. The molecule has 0 aliphatic carbocycles. The lowest BCUT2D eigenvalue weighted by Crippen LogP contribution is -1.95. The molecular weight excluding hydrogens is 200 g/mol. The van der Waals surface area contributed by atoms with E-state index in [-0.39, 0.29) is 6.54 Å². The van der Waals surface area contributed by atoms with E-state index in [1.54, 1.807) is 6.20 Å². The van der Waals surface area contributed by atoms with E-state index in [0.29, 0.717) is 16.4 Å². The number of rotatable bonds is 2. The van der Waals surface area contributed by atoms with E-state index < -0.39 is 0 Å². The van der Waals surface area contributed by atoms with Gasteiger partial charge >= 0.3 is 0 Å². The molecule has 3 N–H and O–H groups in total. The number of pyridine rings is 1. The molecule has 0 amide bonds. The molecule has 14 heavy (non-hydrogen) atoms. The number of H-pyrrole nitrogens is 1. The zero-order chi connectivity index (χ0) is 9.97. The lowest BCUT2D eigenvalue weighted by molar-refractivity contribution is 0.508. The second-order valence-electron chi connectivity index (χ2n) is 2.62. The number of hydrogen-bond acceptors (Lipinski definition) is 5. The van der Waals surface area contributed by atoms with Crippen LogP contribution in [0.15, 0.2) is 22.7 Å². The fourth-order valence-corrected chi connectivity index (χ4v) is 1.26. The van der Waals surface area contributed by atoms with Gasteiger partial charge in [0.25, 0.3) is 5.89 Å². The summed E-state index contributed by atoms with van der Waals surface area (Å²) < 4.78 is 5.83. The van der Waals surface area contributed by atoms with Crippen LogP contribution in [0.2, 0.25) is 0 Å². The van der Waals surface area contributed by atoms with E-state index in [2.05, 4.69) is 15.2 Å². The second kappa shape index (κ2) is 3.69. The van der Waals surface area contributed by atoms with Crippen molar-refractivity contribution in [2.45, 2.75) is 6.54 Å². The van der Waals surface area contributed by atoms with Gasteiger partial charge in [-0.25, -0.2) is 0 Å². The van der Waals surface area contributed by atoms with Crippen LogP contribution in [0.4, 0.5) is 0 Å². The standard InChI is InChI=1S/C8H8N4OS/c9-4-6-11-12-7(13-6)5-2-1-3-10-8(5)14/h1-3H,4,9H2,(H,10,14). The first-order valence-electron chi connectivity index (χ1n) is 4.02. The van der Waals surface area contributed by atoms with Gasteiger partial charge in [-0.15, -0.1) is 10.2 Å². The summed E-state index contributed by atoms with van der Waals surface area (Å²) in [4.78, 5) is 2.88. The predicted molar refractivity (Wildman–Crippen MR) is 52.8 cm³/mol. The SMILES string of the molecule is NCc1nnc(-c2ccc[nH]c2=S)o1. The third-order valence-corrected chi connectivity index (χ3v) is 2.03. The Hall–Kier alpha value is -1.53. The number of aromatic amines is 1. The third kappa shape index (κ3) is 1.57. The molecule has 2 heterocycles. The molecule has 0 unspecified atom stereocenters. The topological polar surface area (TPSA) is 80.7 Å². The summed E-state index contributed by atoms with van der Waals surface area (Å²) in [6.45, 7) is 0.232. The van der Waals surface area contributed by atoms with Gasteiger partial charge in [0.15, 0.2) is 0 Å². The van der Waals surface area contributed by atoms with Gasteiger partial charge < -0.3 is 15.1 Å². The molecule has 2 aromatic heterocycles. The molecule has 0 atom stereocenters. The Morgan fingerprint density at radius 1 is 1.50 bits per heavy atom. The first kappa shape index (κ1) is 9.04. The van der Waals surface area contributed by atoms with Crippen molar-refractivity contribution in [1.82, 2.24) is 15.2 Å². The van der Waals surface area contributed by atoms with E-state index in [4.69, 9.17) is 22.4 Å². The highest BCUT2D eigenvalue weighted by molar-refractivity contribution is 7.71. The van der Waals surface area contributed by atoms with Gasteiger partial charge in [0.1, 0.15) is 4.64 Å². The van der Waals surface area contributed by atoms with Crippen molar-refractivity contribution in [3.63, 3.8) is 0 Å². The van der Waals surface area contributed by atoms with Crippen molar-refractivity contribution in [2.24, 2.45) is 5.73 Å². The van der Waals surface area contributed by atoms with Crippen LogP contribution >= 0.6 is 12.2 Å². The van der Waals surface area contributed by atoms with Gasteiger partial charge in [-0.05, 0) is 12.1 Å². The smallest absolute Gasteiger partial charge is 0.250 e. The molecule has 5 nitrogen and oxygen atoms in total. The fraction of sp³-hybridized carbons (Fsp3) is 0.125. The van der Waals surface area contributed by atoms with Crippen LogP contribution in [0, 0.1) is 4.64 Å². The van der Waals surface area contributed by atoms with Crippen LogP contribution in [0.1, 0.15) is 5.89 Å². The van der Waals surface area contributed by atoms with Crippen LogP contribution in [-0.2, 0) is 6.54 Å². The van der Waals surface area contributed by atoms with E-state index >= 15 is 0 Å². The maximum atomic E-state index is 5.35. The van der Waals surface area contributed by atoms with E-state index in [9.17, 15) is 0 Å². The summed E-state index contributed by atoms with van der Waals surface area (Å²) in [6.07, 6.45) is 1.74. The fourth-order valence-electron chi connectivity index (χ4n) is 1.03. The highest BCUT2D eigenvalue weighted by atomic mass is 32.1. The molecule has 0 bridgehead atoms. The summed E-state index contributed by atoms with van der Waals surface area (Å²) in [7, 11) is 0. The molecule has 0 aromatic carbocycles. The summed E-state index contributed by atoms with van der Waals surface area (Å²) >= 11 is 5.06. The molecule has 0 aliphatic rings. The highest BCUT2D eigenvalue weighted by Gasteiger charge is 2.08. The number of nitrogens with one attached hydrogen (secondary N) is 1. The van der Waals surface area contributed by atoms with Crippen molar-refractivity contribution in [2.75, 3.05) is 0 Å². The highest BCUT2D eigenvalue weighted by Crippen LogP contribution is 2.17. The first-order valence-corrected chi connectivity index (χ1v) is 4.42. The molecule has 0 spiro atoms. The monoisotopic (exact) mass is 208 g/mol. The van der Waals surface area contributed by atoms with Gasteiger partial charge in [0, 0.05) is 6.20 Å². The van der Waals surface area contributed by atoms with E-state index in [1.807, 2.05) is 12.1 Å². The predicted octanol–water partition coefficient (Wildman–Crippen LogP) is 1.25. The minimum Gasteiger partial charge on any atom is -0.419 e. The number of hydrogen-bond donors (Lipinski definition) is 2. The minimum absolute atomic E-state index is 0.232. The van der Waals surface area contributed by atoms with Crippen LogP contribution in [0.25, 0.3) is 11.5 Å². The average Bonchev–Trinajstić information content (AvgIpc) is 2.67. The lowest BCUT2D eigenvalue weighted by atomic mass is 10.3. The maximum absolute atomic E-state index is 5.35. The van der Waals surface area contributed by atoms with Crippen LogP contribution < -0.4 is 5.73 Å². The quantitative estimate of drug-likeness (QED) is 0.726. The Morgan fingerprint density at radius 3 is 3.00 bits per heavy atom. The van der Waals surface area contributed by atoms with Gasteiger partial charge in [0.2, 0.25) is 5.89 Å². The van der Waals surface area contributed by atoms with E-state index in [1.165, 1.54) is 0 Å². The van der Waals surface area contributed by atoms with Crippen molar-refractivity contribution >= 4 is 12.2 Å². The number of nitrogens with zero attached hydrogens (tertiary/aromatic N) is 2. The molecule has 0 radical (unpaired) electrons. The van der Waals surface area contributed by atoms with Crippen LogP contribution in [-0.4, -0.2) is 15.2 Å². The summed E-state index contributed by atoms with van der Waals surface area (Å²) in [5, 5.41) is 7.59.